The van der Waals surface area contributed by atoms with Gasteiger partial charge in [-0.1, -0.05) is 18.6 Å². The summed E-state index contributed by atoms with van der Waals surface area (Å²) in [5.41, 5.74) is -2.45. The molecule has 4 aliphatic heterocycles. The monoisotopic (exact) mass is 757 g/mol. The van der Waals surface area contributed by atoms with Crippen LogP contribution >= 0.6 is 0 Å². The van der Waals surface area contributed by atoms with Gasteiger partial charge in [-0.3, -0.25) is 9.69 Å². The molecular weight excluding hydrogens is 717 g/mol. The summed E-state index contributed by atoms with van der Waals surface area (Å²) in [5, 5.41) is 11.3. The van der Waals surface area contributed by atoms with Crippen LogP contribution in [0.2, 0.25) is 0 Å². The van der Waals surface area contributed by atoms with E-state index in [1.165, 1.54) is 30.3 Å². The van der Waals surface area contributed by atoms with Crippen LogP contribution in [0.4, 0.5) is 27.8 Å². The number of hydrogen-bond donors (Lipinski definition) is 1. The molecule has 4 aliphatic rings. The van der Waals surface area contributed by atoms with Gasteiger partial charge in [0.1, 0.15) is 31.0 Å². The lowest BCUT2D eigenvalue weighted by Gasteiger charge is -2.44. The molecule has 0 radical (unpaired) electrons. The van der Waals surface area contributed by atoms with Crippen LogP contribution in [0, 0.1) is 18.2 Å². The predicted molar refractivity (Wildman–Crippen MR) is 187 cm³/mol. The smallest absolute Gasteiger partial charge is 0.410 e. The lowest BCUT2D eigenvalue weighted by atomic mass is 9.93. The van der Waals surface area contributed by atoms with Crippen LogP contribution in [0.3, 0.4) is 0 Å². The standard InChI is InChI=1S/C38H40F5N5O6/c1-4-27-29(40)9-8-22-15-26(49)16-28(32(22)27)30-20-52-33-34(46(3)19-25-7-6-12-47(25)31(50)5-2)44-36(45-35(33)54-30)53-21-37(38(41,42)43)17-23(39)18-48(37)24-10-13-51-14-11-24/h1,5,8-9,15-16,23-25,30,49H,2,6-7,10-14,17-21H2,3H3/t23-,25+,30?,37+/m1/s1. The van der Waals surface area contributed by atoms with Gasteiger partial charge in [0.25, 0.3) is 5.88 Å². The lowest BCUT2D eigenvalue weighted by molar-refractivity contribution is -0.241. The Balaban J connectivity index is 1.27. The fourth-order valence-electron chi connectivity index (χ4n) is 8.22. The van der Waals surface area contributed by atoms with E-state index in [4.69, 9.17) is 25.4 Å². The summed E-state index contributed by atoms with van der Waals surface area (Å²) >= 11 is 0. The molecule has 1 unspecified atom stereocenters. The molecule has 54 heavy (non-hydrogen) atoms. The fourth-order valence-corrected chi connectivity index (χ4v) is 8.22. The van der Waals surface area contributed by atoms with Gasteiger partial charge in [0.2, 0.25) is 11.7 Å². The van der Waals surface area contributed by atoms with Crippen LogP contribution in [-0.4, -0.2) is 114 Å². The van der Waals surface area contributed by atoms with Crippen molar-refractivity contribution in [3.63, 3.8) is 0 Å². The van der Waals surface area contributed by atoms with Gasteiger partial charge in [0.15, 0.2) is 17.5 Å². The molecule has 1 amide bonds. The molecule has 1 N–H and O–H groups in total. The van der Waals surface area contributed by atoms with Gasteiger partial charge in [-0.25, -0.2) is 8.78 Å². The molecule has 0 bridgehead atoms. The number of aromatic hydroxyl groups is 1. The van der Waals surface area contributed by atoms with Crippen molar-refractivity contribution < 1.29 is 50.8 Å². The number of halogens is 5. The predicted octanol–water partition coefficient (Wildman–Crippen LogP) is 5.48. The zero-order chi connectivity index (χ0) is 38.4. The highest BCUT2D eigenvalue weighted by atomic mass is 19.4. The van der Waals surface area contributed by atoms with Gasteiger partial charge >= 0.3 is 12.2 Å². The number of carbonyl (C=O) groups is 1. The molecule has 4 atom stereocenters. The number of fused-ring (bicyclic) bond motifs is 2. The Morgan fingerprint density at radius 3 is 2.74 bits per heavy atom. The molecule has 0 spiro atoms. The van der Waals surface area contributed by atoms with Gasteiger partial charge < -0.3 is 33.9 Å². The van der Waals surface area contributed by atoms with Crippen LogP contribution in [0.1, 0.15) is 49.3 Å². The maximum absolute atomic E-state index is 15.1. The molecule has 0 aliphatic carbocycles. The molecule has 0 saturated carbocycles. The number of benzene rings is 2. The van der Waals surface area contributed by atoms with Gasteiger partial charge in [0.05, 0.1) is 5.56 Å². The molecule has 2 aromatic carbocycles. The summed E-state index contributed by atoms with van der Waals surface area (Å²) < 4.78 is 99.0. The summed E-state index contributed by atoms with van der Waals surface area (Å²) in [5.74, 6) is 1.26. The van der Waals surface area contributed by atoms with Gasteiger partial charge in [-0.15, -0.1) is 6.42 Å². The third kappa shape index (κ3) is 6.83. The van der Waals surface area contributed by atoms with Crippen molar-refractivity contribution in [2.45, 2.75) is 68.2 Å². The second-order valence-corrected chi connectivity index (χ2v) is 14.1. The zero-order valence-corrected chi connectivity index (χ0v) is 29.6. The summed E-state index contributed by atoms with van der Waals surface area (Å²) in [6, 6.07) is 4.13. The van der Waals surface area contributed by atoms with E-state index in [1.54, 1.807) is 16.8 Å². The van der Waals surface area contributed by atoms with E-state index in [-0.39, 0.29) is 72.6 Å². The highest BCUT2D eigenvalue weighted by molar-refractivity contribution is 5.93. The highest BCUT2D eigenvalue weighted by Crippen LogP contribution is 2.48. The van der Waals surface area contributed by atoms with E-state index >= 15 is 17.6 Å². The number of phenols is 1. The Kier molecular flexibility index (Phi) is 10.2. The first-order chi connectivity index (χ1) is 25.8. The molecular formula is C38H40F5N5O6. The summed E-state index contributed by atoms with van der Waals surface area (Å²) in [7, 11) is 1.68. The van der Waals surface area contributed by atoms with Crippen molar-refractivity contribution in [1.29, 1.82) is 0 Å². The number of phenolic OH excluding ortho intramolecular Hbond substituents is 1. The maximum atomic E-state index is 15.1. The molecule has 1 aromatic heterocycles. The number of hydrogen-bond acceptors (Lipinski definition) is 10. The summed E-state index contributed by atoms with van der Waals surface area (Å²) in [6.45, 7) is 3.30. The van der Waals surface area contributed by atoms with E-state index in [0.717, 1.165) is 11.3 Å². The SMILES string of the molecule is C#Cc1c(F)ccc2cc(O)cc(C3COc4c(nc(OC[C@]5(C(F)(F)F)C[C@@H](F)CN5C5CCOCC5)nc4N(C)C[C@@H]4CCCN4C(=O)C=C)O3)c12. The number of aromatic nitrogens is 2. The molecule has 3 saturated heterocycles. The van der Waals surface area contributed by atoms with E-state index in [2.05, 4.69) is 22.5 Å². The van der Waals surface area contributed by atoms with E-state index in [0.29, 0.717) is 36.6 Å². The van der Waals surface area contributed by atoms with Crippen molar-refractivity contribution in [3.05, 3.63) is 53.9 Å². The minimum absolute atomic E-state index is 0.0487. The van der Waals surface area contributed by atoms with Gasteiger partial charge in [-0.2, -0.15) is 23.1 Å². The highest BCUT2D eigenvalue weighted by Gasteiger charge is 2.65. The number of likely N-dealkylation sites (N-methyl/N-ethyl adjacent to an activating group) is 1. The molecule has 3 fully saturated rings. The van der Waals surface area contributed by atoms with Gasteiger partial charge in [-0.05, 0) is 55.3 Å². The van der Waals surface area contributed by atoms with E-state index < -0.39 is 61.4 Å². The summed E-state index contributed by atoms with van der Waals surface area (Å²) in [6.07, 6.45) is 0.498. The molecule has 5 heterocycles. The number of terminal acetylenes is 1. The van der Waals surface area contributed by atoms with Crippen LogP contribution in [0.5, 0.6) is 23.4 Å². The number of rotatable bonds is 9. The van der Waals surface area contributed by atoms with E-state index in [9.17, 15) is 14.3 Å². The van der Waals surface area contributed by atoms with Crippen molar-refractivity contribution >= 4 is 22.5 Å². The molecule has 11 nitrogen and oxygen atoms in total. The number of likely N-dealkylation sites (tertiary alicyclic amines) is 2. The normalized spacial score (nSPS) is 24.8. The van der Waals surface area contributed by atoms with Crippen molar-refractivity contribution in [2.75, 3.05) is 58.0 Å². The largest absolute Gasteiger partial charge is 0.508 e. The van der Waals surface area contributed by atoms with Gasteiger partial charge in [0, 0.05) is 69.3 Å². The van der Waals surface area contributed by atoms with Crippen molar-refractivity contribution in [2.24, 2.45) is 0 Å². The first kappa shape index (κ1) is 37.4. The second kappa shape index (κ2) is 14.7. The zero-order valence-electron chi connectivity index (χ0n) is 29.6. The molecule has 16 heteroatoms. The Morgan fingerprint density at radius 1 is 1.24 bits per heavy atom. The number of amides is 1. The van der Waals surface area contributed by atoms with Crippen LogP contribution in [-0.2, 0) is 9.53 Å². The average Bonchev–Trinajstić information content (AvgIpc) is 3.77. The van der Waals surface area contributed by atoms with Crippen molar-refractivity contribution in [1.82, 2.24) is 19.8 Å². The molecule has 7 rings (SSSR count). The third-order valence-corrected chi connectivity index (χ3v) is 10.8. The Labute approximate surface area is 308 Å². The quantitative estimate of drug-likeness (QED) is 0.171. The minimum atomic E-state index is -4.88. The number of ether oxygens (including phenoxy) is 4. The maximum Gasteiger partial charge on any atom is 0.410 e. The average molecular weight is 758 g/mol. The molecule has 288 valence electrons. The minimum Gasteiger partial charge on any atom is -0.508 e. The summed E-state index contributed by atoms with van der Waals surface area (Å²) in [4.78, 5) is 25.9. The number of nitrogens with zero attached hydrogens (tertiary/aromatic N) is 5. The number of carbonyl (C=O) groups excluding carboxylic acids is 1. The first-order valence-corrected chi connectivity index (χ1v) is 17.8. The van der Waals surface area contributed by atoms with E-state index in [1.807, 2.05) is 0 Å². The Bertz CT molecular complexity index is 1970. The fraction of sp³-hybridized carbons (Fsp3) is 0.500. The lowest BCUT2D eigenvalue weighted by Crippen LogP contribution is -2.62. The third-order valence-electron chi connectivity index (χ3n) is 10.8. The van der Waals surface area contributed by atoms with Crippen molar-refractivity contribution in [3.8, 4) is 35.7 Å². The number of alkyl halides is 4. The second-order valence-electron chi connectivity index (χ2n) is 14.1. The topological polar surface area (TPSA) is 110 Å². The number of anilines is 1. The van der Waals surface area contributed by atoms with Crippen LogP contribution in [0.15, 0.2) is 36.9 Å². The Hall–Kier alpha value is -4.88. The molecule has 3 aromatic rings. The van der Waals surface area contributed by atoms with Crippen LogP contribution in [0.25, 0.3) is 10.8 Å². The van der Waals surface area contributed by atoms with Crippen LogP contribution < -0.4 is 19.1 Å². The first-order valence-electron chi connectivity index (χ1n) is 17.8. The Morgan fingerprint density at radius 2 is 2.02 bits per heavy atom.